The monoisotopic (exact) mass is 258 g/mol. The summed E-state index contributed by atoms with van der Waals surface area (Å²) in [6, 6.07) is 3.88. The Morgan fingerprint density at radius 3 is 2.63 bits per heavy atom. The maximum Gasteiger partial charge on any atom is 0.257 e. The van der Waals surface area contributed by atoms with Crippen molar-refractivity contribution < 1.29 is 4.79 Å². The van der Waals surface area contributed by atoms with Gasteiger partial charge in [-0.25, -0.2) is 0 Å². The van der Waals surface area contributed by atoms with Gasteiger partial charge in [0.15, 0.2) is 0 Å². The molecule has 2 aromatic heterocycles. The molecule has 0 unspecified atom stereocenters. The van der Waals surface area contributed by atoms with Crippen molar-refractivity contribution >= 4 is 5.91 Å². The largest absolute Gasteiger partial charge is 0.332 e. The highest BCUT2D eigenvalue weighted by atomic mass is 16.2. The second-order valence-electron chi connectivity index (χ2n) is 4.45. The predicted molar refractivity (Wildman–Crippen MR) is 72.6 cm³/mol. The molecule has 0 saturated carbocycles. The summed E-state index contributed by atoms with van der Waals surface area (Å²) in [5, 5.41) is 4.05. The van der Waals surface area contributed by atoms with Gasteiger partial charge in [0.05, 0.1) is 17.8 Å². The Balaban J connectivity index is 2.22. The lowest BCUT2D eigenvalue weighted by Crippen LogP contribution is -2.33. The third kappa shape index (κ3) is 2.81. The van der Waals surface area contributed by atoms with Crippen LogP contribution in [0.25, 0.3) is 0 Å². The third-order valence-corrected chi connectivity index (χ3v) is 3.21. The number of aryl methyl sites for hydroxylation is 1. The lowest BCUT2D eigenvalue weighted by atomic mass is 10.1. The number of rotatable bonds is 4. The Labute approximate surface area is 112 Å². The summed E-state index contributed by atoms with van der Waals surface area (Å²) in [4.78, 5) is 18.3. The van der Waals surface area contributed by atoms with E-state index in [0.717, 1.165) is 5.56 Å². The SMILES string of the molecule is CCN(C(=O)c1cnn(C)c1)[C@H](C)c1ccncc1. The van der Waals surface area contributed by atoms with Gasteiger partial charge < -0.3 is 4.90 Å². The fraction of sp³-hybridized carbons (Fsp3) is 0.357. The molecule has 0 aromatic carbocycles. The second kappa shape index (κ2) is 5.65. The predicted octanol–water partition coefficient (Wildman–Crippen LogP) is 2.04. The molecule has 1 amide bonds. The summed E-state index contributed by atoms with van der Waals surface area (Å²) in [5.74, 6) is -0.0000813. The van der Waals surface area contributed by atoms with Crippen LogP contribution in [0.5, 0.6) is 0 Å². The van der Waals surface area contributed by atoms with Gasteiger partial charge in [-0.15, -0.1) is 0 Å². The number of hydrogen-bond acceptors (Lipinski definition) is 3. The Bertz CT molecular complexity index is 550. The van der Waals surface area contributed by atoms with E-state index in [1.165, 1.54) is 0 Å². The lowest BCUT2D eigenvalue weighted by Gasteiger charge is -2.28. The van der Waals surface area contributed by atoms with Crippen molar-refractivity contribution in [1.82, 2.24) is 19.7 Å². The molecule has 0 radical (unpaired) electrons. The van der Waals surface area contributed by atoms with E-state index in [9.17, 15) is 4.79 Å². The van der Waals surface area contributed by atoms with Gasteiger partial charge in [0.2, 0.25) is 0 Å². The van der Waals surface area contributed by atoms with Crippen molar-refractivity contribution in [1.29, 1.82) is 0 Å². The summed E-state index contributed by atoms with van der Waals surface area (Å²) in [6.45, 7) is 4.65. The number of carbonyl (C=O) groups excluding carboxylic acids is 1. The molecular formula is C14H18N4O. The number of amides is 1. The molecule has 2 rings (SSSR count). The second-order valence-corrected chi connectivity index (χ2v) is 4.45. The fourth-order valence-electron chi connectivity index (χ4n) is 2.11. The molecule has 2 heterocycles. The van der Waals surface area contributed by atoms with E-state index < -0.39 is 0 Å². The van der Waals surface area contributed by atoms with Gasteiger partial charge in [-0.2, -0.15) is 5.10 Å². The number of carbonyl (C=O) groups is 1. The lowest BCUT2D eigenvalue weighted by molar-refractivity contribution is 0.0702. The Morgan fingerprint density at radius 2 is 2.11 bits per heavy atom. The molecule has 0 aliphatic carbocycles. The van der Waals surface area contributed by atoms with Gasteiger partial charge in [-0.05, 0) is 31.5 Å². The first-order valence-corrected chi connectivity index (χ1v) is 6.33. The van der Waals surface area contributed by atoms with Crippen molar-refractivity contribution in [3.05, 3.63) is 48.0 Å². The van der Waals surface area contributed by atoms with Gasteiger partial charge in [0.1, 0.15) is 0 Å². The third-order valence-electron chi connectivity index (χ3n) is 3.21. The summed E-state index contributed by atoms with van der Waals surface area (Å²) in [5.41, 5.74) is 1.69. The van der Waals surface area contributed by atoms with E-state index in [1.807, 2.05) is 30.9 Å². The average molecular weight is 258 g/mol. The highest BCUT2D eigenvalue weighted by molar-refractivity contribution is 5.94. The molecule has 1 atom stereocenters. The number of pyridine rings is 1. The molecule has 0 aliphatic rings. The highest BCUT2D eigenvalue weighted by Gasteiger charge is 2.22. The maximum absolute atomic E-state index is 12.5. The number of hydrogen-bond donors (Lipinski definition) is 0. The highest BCUT2D eigenvalue weighted by Crippen LogP contribution is 2.21. The van der Waals surface area contributed by atoms with Crippen LogP contribution in [0.4, 0.5) is 0 Å². The van der Waals surface area contributed by atoms with Crippen LogP contribution in [-0.2, 0) is 7.05 Å². The zero-order valence-electron chi connectivity index (χ0n) is 11.4. The molecule has 0 saturated heterocycles. The van der Waals surface area contributed by atoms with Crippen LogP contribution >= 0.6 is 0 Å². The molecule has 0 bridgehead atoms. The van der Waals surface area contributed by atoms with Crippen LogP contribution < -0.4 is 0 Å². The Morgan fingerprint density at radius 1 is 1.42 bits per heavy atom. The topological polar surface area (TPSA) is 51.0 Å². The van der Waals surface area contributed by atoms with Gasteiger partial charge >= 0.3 is 0 Å². The number of aromatic nitrogens is 3. The van der Waals surface area contributed by atoms with E-state index in [2.05, 4.69) is 10.1 Å². The average Bonchev–Trinajstić information content (AvgIpc) is 2.87. The van der Waals surface area contributed by atoms with Gasteiger partial charge in [0.25, 0.3) is 5.91 Å². The molecule has 0 aliphatic heterocycles. The van der Waals surface area contributed by atoms with Crippen molar-refractivity contribution in [3.63, 3.8) is 0 Å². The van der Waals surface area contributed by atoms with Crippen molar-refractivity contribution in [2.24, 2.45) is 7.05 Å². The first-order chi connectivity index (χ1) is 9.13. The van der Waals surface area contributed by atoms with Gasteiger partial charge in [0, 0.05) is 32.2 Å². The Hall–Kier alpha value is -2.17. The fourth-order valence-corrected chi connectivity index (χ4v) is 2.11. The van der Waals surface area contributed by atoms with E-state index >= 15 is 0 Å². The van der Waals surface area contributed by atoms with Crippen LogP contribution in [0.1, 0.15) is 35.8 Å². The molecule has 100 valence electrons. The normalized spacial score (nSPS) is 12.2. The quantitative estimate of drug-likeness (QED) is 0.843. The van der Waals surface area contributed by atoms with Crippen LogP contribution in [0.3, 0.4) is 0 Å². The van der Waals surface area contributed by atoms with Crippen LogP contribution in [0, 0.1) is 0 Å². The summed E-state index contributed by atoms with van der Waals surface area (Å²) >= 11 is 0. The molecule has 2 aromatic rings. The first-order valence-electron chi connectivity index (χ1n) is 6.33. The molecule has 0 N–H and O–H groups in total. The molecule has 0 spiro atoms. The minimum absolute atomic E-state index is 0.0000813. The van der Waals surface area contributed by atoms with Crippen molar-refractivity contribution in [2.45, 2.75) is 19.9 Å². The number of nitrogens with zero attached hydrogens (tertiary/aromatic N) is 4. The molecule has 0 fully saturated rings. The van der Waals surface area contributed by atoms with Crippen LogP contribution in [-0.4, -0.2) is 32.1 Å². The van der Waals surface area contributed by atoms with E-state index in [1.54, 1.807) is 36.5 Å². The summed E-state index contributed by atoms with van der Waals surface area (Å²) in [6.07, 6.45) is 6.83. The van der Waals surface area contributed by atoms with Crippen molar-refractivity contribution in [2.75, 3.05) is 6.54 Å². The molecule has 19 heavy (non-hydrogen) atoms. The summed E-state index contributed by atoms with van der Waals surface area (Å²) in [7, 11) is 1.80. The zero-order valence-corrected chi connectivity index (χ0v) is 11.4. The Kier molecular flexibility index (Phi) is 3.94. The van der Waals surface area contributed by atoms with Crippen LogP contribution in [0.2, 0.25) is 0 Å². The smallest absolute Gasteiger partial charge is 0.257 e. The van der Waals surface area contributed by atoms with E-state index in [-0.39, 0.29) is 11.9 Å². The van der Waals surface area contributed by atoms with E-state index in [4.69, 9.17) is 0 Å². The minimum Gasteiger partial charge on any atom is -0.332 e. The minimum atomic E-state index is -0.0000813. The van der Waals surface area contributed by atoms with Crippen molar-refractivity contribution in [3.8, 4) is 0 Å². The first kappa shape index (κ1) is 13.3. The van der Waals surface area contributed by atoms with E-state index in [0.29, 0.717) is 12.1 Å². The molecular weight excluding hydrogens is 240 g/mol. The molecule has 5 nitrogen and oxygen atoms in total. The molecule has 5 heteroatoms. The van der Waals surface area contributed by atoms with Gasteiger partial charge in [-0.1, -0.05) is 0 Å². The maximum atomic E-state index is 12.5. The zero-order chi connectivity index (χ0) is 13.8. The standard InChI is InChI=1S/C14H18N4O/c1-4-18(11(2)12-5-7-15-8-6-12)14(19)13-9-16-17(3)10-13/h5-11H,4H2,1-3H3/t11-/m1/s1. The summed E-state index contributed by atoms with van der Waals surface area (Å²) < 4.78 is 1.64. The van der Waals surface area contributed by atoms with Gasteiger partial charge in [-0.3, -0.25) is 14.5 Å². The van der Waals surface area contributed by atoms with Crippen LogP contribution in [0.15, 0.2) is 36.9 Å².